The lowest BCUT2D eigenvalue weighted by Crippen LogP contribution is -2.34. The lowest BCUT2D eigenvalue weighted by Gasteiger charge is -2.30. The van der Waals surface area contributed by atoms with E-state index in [9.17, 15) is 14.7 Å². The number of rotatable bonds is 7. The topological polar surface area (TPSA) is 79.7 Å². The van der Waals surface area contributed by atoms with E-state index in [4.69, 9.17) is 4.74 Å². The zero-order valence-electron chi connectivity index (χ0n) is 23.4. The van der Waals surface area contributed by atoms with E-state index in [1.54, 1.807) is 23.6 Å². The quantitative estimate of drug-likeness (QED) is 0.192. The van der Waals surface area contributed by atoms with Crippen LogP contribution in [0, 0.1) is 17.8 Å². The molecule has 2 aromatic heterocycles. The number of carbonyl (C=O) groups excluding carboxylic acids is 2. The molecule has 7 rings (SSSR count). The Morgan fingerprint density at radius 1 is 1.02 bits per heavy atom. The fraction of sp³-hybridized carbons (Fsp3) is 0.286. The Labute approximate surface area is 249 Å². The van der Waals surface area contributed by atoms with Crippen LogP contribution in [0.5, 0.6) is 5.75 Å². The van der Waals surface area contributed by atoms with Gasteiger partial charge in [-0.1, -0.05) is 48.0 Å². The van der Waals surface area contributed by atoms with Crippen LogP contribution < -0.4 is 0 Å². The number of aromatic hydroxyl groups is 1. The van der Waals surface area contributed by atoms with E-state index in [2.05, 4.69) is 18.0 Å². The molecule has 7 heteroatoms. The highest BCUT2D eigenvalue weighted by atomic mass is 32.1. The number of phenols is 1. The van der Waals surface area contributed by atoms with Crippen LogP contribution >= 0.6 is 11.3 Å². The number of amides is 2. The number of nitrogens with zero attached hydrogens (tertiary/aromatic N) is 2. The number of benzene rings is 2. The molecule has 0 bridgehead atoms. The van der Waals surface area contributed by atoms with Crippen molar-refractivity contribution < 1.29 is 19.4 Å². The minimum atomic E-state index is -0.338. The number of thiophene rings is 1. The second-order valence-corrected chi connectivity index (χ2v) is 12.5. The molecular weight excluding hydrogens is 544 g/mol. The largest absolute Gasteiger partial charge is 0.507 e. The molecule has 0 saturated carbocycles. The summed E-state index contributed by atoms with van der Waals surface area (Å²) < 4.78 is 6.41. The summed E-state index contributed by atoms with van der Waals surface area (Å²) in [6.07, 6.45) is 5.96. The van der Waals surface area contributed by atoms with Gasteiger partial charge >= 0.3 is 0 Å². The van der Waals surface area contributed by atoms with Crippen molar-refractivity contribution in [3.63, 3.8) is 0 Å². The Morgan fingerprint density at radius 3 is 2.64 bits per heavy atom. The molecule has 3 aliphatic rings. The van der Waals surface area contributed by atoms with Crippen molar-refractivity contribution >= 4 is 45.6 Å². The van der Waals surface area contributed by atoms with Crippen molar-refractivity contribution in [2.24, 2.45) is 17.8 Å². The molecule has 42 heavy (non-hydrogen) atoms. The number of imide groups is 1. The highest BCUT2D eigenvalue weighted by Crippen LogP contribution is 2.50. The number of hydrogen-bond acceptors (Lipinski definition) is 6. The molecule has 4 atom stereocenters. The van der Waals surface area contributed by atoms with Crippen LogP contribution in [0.25, 0.3) is 22.4 Å². The van der Waals surface area contributed by atoms with Gasteiger partial charge in [-0.25, -0.2) is 0 Å². The monoisotopic (exact) mass is 576 g/mol. The first-order valence-electron chi connectivity index (χ1n) is 14.5. The number of likely N-dealkylation sites (tertiary alicyclic amines) is 1. The van der Waals surface area contributed by atoms with Gasteiger partial charge in [-0.3, -0.25) is 19.5 Å². The van der Waals surface area contributed by atoms with E-state index >= 15 is 0 Å². The molecule has 0 spiro atoms. The van der Waals surface area contributed by atoms with Crippen LogP contribution in [0.3, 0.4) is 0 Å². The lowest BCUT2D eigenvalue weighted by atomic mass is 9.70. The first-order valence-corrected chi connectivity index (χ1v) is 15.4. The van der Waals surface area contributed by atoms with E-state index in [1.807, 2.05) is 66.0 Å². The maximum Gasteiger partial charge on any atom is 0.234 e. The van der Waals surface area contributed by atoms with Crippen LogP contribution in [0.15, 0.2) is 89.5 Å². The average molecular weight is 577 g/mol. The molecule has 2 aliphatic heterocycles. The highest BCUT2D eigenvalue weighted by molar-refractivity contribution is 7.09. The van der Waals surface area contributed by atoms with E-state index in [1.165, 1.54) is 16.0 Å². The number of hydrogen-bond donors (Lipinski definition) is 1. The number of pyridine rings is 1. The summed E-state index contributed by atoms with van der Waals surface area (Å²) in [5.74, 6) is -0.510. The molecular formula is C35H32N2O4S. The molecule has 1 aliphatic carbocycles. The molecule has 2 amide bonds. The number of phenolic OH excluding ortho intramolecular Hbond substituents is 1. The maximum absolute atomic E-state index is 13.6. The fourth-order valence-corrected chi connectivity index (χ4v) is 7.83. The molecule has 2 fully saturated rings. The number of fused-ring (bicyclic) bond motifs is 4. The Balaban J connectivity index is 1.15. The summed E-state index contributed by atoms with van der Waals surface area (Å²) in [5, 5.41) is 14.2. The van der Waals surface area contributed by atoms with Gasteiger partial charge in [-0.2, -0.15) is 0 Å². The number of allylic oxidation sites excluding steroid dienone is 2. The van der Waals surface area contributed by atoms with Crippen molar-refractivity contribution in [2.75, 3.05) is 6.61 Å². The van der Waals surface area contributed by atoms with E-state index < -0.39 is 0 Å². The van der Waals surface area contributed by atoms with Gasteiger partial charge in [-0.15, -0.1) is 11.3 Å². The zero-order chi connectivity index (χ0) is 28.8. The van der Waals surface area contributed by atoms with Gasteiger partial charge in [0.25, 0.3) is 0 Å². The number of aromatic nitrogens is 1. The minimum Gasteiger partial charge on any atom is -0.507 e. The predicted octanol–water partition coefficient (Wildman–Crippen LogP) is 6.86. The molecule has 6 nitrogen and oxygen atoms in total. The normalized spacial score (nSPS) is 24.0. The smallest absolute Gasteiger partial charge is 0.234 e. The van der Waals surface area contributed by atoms with E-state index in [0.29, 0.717) is 19.6 Å². The summed E-state index contributed by atoms with van der Waals surface area (Å²) in [6, 6.07) is 21.4. The molecule has 4 aromatic rings. The van der Waals surface area contributed by atoms with E-state index in [0.717, 1.165) is 45.3 Å². The highest BCUT2D eigenvalue weighted by Gasteiger charge is 2.56. The summed E-state index contributed by atoms with van der Waals surface area (Å²) in [6.45, 7) is 2.94. The van der Waals surface area contributed by atoms with Gasteiger partial charge < -0.3 is 9.84 Å². The number of carbonyl (C=O) groups is 2. The Bertz CT molecular complexity index is 1730. The van der Waals surface area contributed by atoms with Crippen molar-refractivity contribution in [1.82, 2.24) is 9.88 Å². The molecule has 212 valence electrons. The first kappa shape index (κ1) is 26.8. The van der Waals surface area contributed by atoms with Gasteiger partial charge in [0.05, 0.1) is 36.8 Å². The molecule has 2 saturated heterocycles. The molecule has 2 aromatic carbocycles. The number of ether oxygens (including phenoxy) is 1. The van der Waals surface area contributed by atoms with Gasteiger partial charge in [0.15, 0.2) is 0 Å². The summed E-state index contributed by atoms with van der Waals surface area (Å²) in [7, 11) is 0. The molecule has 0 radical (unpaired) electrons. The first-order chi connectivity index (χ1) is 20.5. The second kappa shape index (κ2) is 11.0. The molecule has 0 unspecified atom stereocenters. The van der Waals surface area contributed by atoms with Crippen LogP contribution in [-0.4, -0.2) is 39.5 Å². The van der Waals surface area contributed by atoms with Gasteiger partial charge in [-0.05, 0) is 84.0 Å². The van der Waals surface area contributed by atoms with Gasteiger partial charge in [0.1, 0.15) is 5.75 Å². The average Bonchev–Trinajstić information content (AvgIpc) is 3.74. The van der Waals surface area contributed by atoms with Crippen molar-refractivity contribution in [2.45, 2.75) is 38.8 Å². The standard InChI is InChI=1S/C35H32N2O4S/c1-21-17-27-33(35(40)37(34(27)39)19-24-7-6-16-42-24)28-20-41-31(32(21)28)14-12-23(29-10-4-5-15-36-29)18-22-11-13-30(38)26-9-3-2-8-25(22)26/h2-11,13,15-16,18,27-28,31,33,38H,12,14,17,19-20H2,1H3/b23-18-/t27-,28+,31-,33-/m1/s1. The third-order valence-electron chi connectivity index (χ3n) is 9.07. The van der Waals surface area contributed by atoms with Crippen molar-refractivity contribution in [1.29, 1.82) is 0 Å². The predicted molar refractivity (Wildman–Crippen MR) is 164 cm³/mol. The van der Waals surface area contributed by atoms with Crippen LogP contribution in [0.4, 0.5) is 0 Å². The Kier molecular flexibility index (Phi) is 7.00. The van der Waals surface area contributed by atoms with Gasteiger partial charge in [0, 0.05) is 22.4 Å². The Morgan fingerprint density at radius 2 is 1.86 bits per heavy atom. The van der Waals surface area contributed by atoms with E-state index in [-0.39, 0.29) is 41.4 Å². The minimum absolute atomic E-state index is 0.0401. The van der Waals surface area contributed by atoms with Crippen molar-refractivity contribution in [3.8, 4) is 5.75 Å². The third kappa shape index (κ3) is 4.67. The molecule has 4 heterocycles. The zero-order valence-corrected chi connectivity index (χ0v) is 24.2. The Hall–Kier alpha value is -4.07. The summed E-state index contributed by atoms with van der Waals surface area (Å²) in [4.78, 5) is 34.1. The summed E-state index contributed by atoms with van der Waals surface area (Å²) in [5.41, 5.74) is 5.41. The van der Waals surface area contributed by atoms with Crippen molar-refractivity contribution in [3.05, 3.63) is 106 Å². The van der Waals surface area contributed by atoms with Crippen LogP contribution in [0.1, 0.15) is 42.3 Å². The summed E-state index contributed by atoms with van der Waals surface area (Å²) >= 11 is 1.57. The molecule has 1 N–H and O–H groups in total. The third-order valence-corrected chi connectivity index (χ3v) is 9.93. The van der Waals surface area contributed by atoms with Crippen LogP contribution in [-0.2, 0) is 20.9 Å². The second-order valence-electron chi connectivity index (χ2n) is 11.5. The maximum atomic E-state index is 13.6. The van der Waals surface area contributed by atoms with Gasteiger partial charge in [0.2, 0.25) is 11.8 Å². The lowest BCUT2D eigenvalue weighted by molar-refractivity contribution is -0.140. The van der Waals surface area contributed by atoms with Crippen LogP contribution in [0.2, 0.25) is 0 Å². The fourth-order valence-electron chi connectivity index (χ4n) is 7.14. The SMILES string of the molecule is CC1=C2[C@@H](CC/C(=C/c3ccc(O)c4ccccc34)c3ccccn3)OC[C@@H]2[C@@H]2C(=O)N(Cc3cccs3)C(=O)[C@@H]2C1.